The molecule has 1 saturated carbocycles. The summed E-state index contributed by atoms with van der Waals surface area (Å²) in [7, 11) is 1.66. The van der Waals surface area contributed by atoms with Gasteiger partial charge in [-0.1, -0.05) is 28.1 Å². The lowest BCUT2D eigenvalue weighted by molar-refractivity contribution is 0.281. The van der Waals surface area contributed by atoms with E-state index < -0.39 is 0 Å². The van der Waals surface area contributed by atoms with Crippen LogP contribution in [0.3, 0.4) is 0 Å². The van der Waals surface area contributed by atoms with Crippen LogP contribution >= 0.6 is 15.9 Å². The van der Waals surface area contributed by atoms with Gasteiger partial charge in [-0.05, 0) is 80.6 Å². The molecule has 4 aliphatic rings. The first-order valence-corrected chi connectivity index (χ1v) is 12.8. The Hall–Kier alpha value is -3.45. The van der Waals surface area contributed by atoms with E-state index in [1.165, 1.54) is 6.42 Å². The highest BCUT2D eigenvalue weighted by atomic mass is 79.9. The van der Waals surface area contributed by atoms with Gasteiger partial charge in [0.25, 0.3) is 0 Å². The minimum absolute atomic E-state index is 0.364. The number of fused-ring (bicyclic) bond motifs is 2. The first kappa shape index (κ1) is 22.0. The number of allylic oxidation sites excluding steroid dienone is 1. The lowest BCUT2D eigenvalue weighted by Gasteiger charge is -2.24. The molecule has 35 heavy (non-hydrogen) atoms. The lowest BCUT2D eigenvalue weighted by atomic mass is 9.94. The van der Waals surface area contributed by atoms with E-state index >= 15 is 0 Å². The molecule has 1 fully saturated rings. The number of anilines is 1. The lowest BCUT2D eigenvalue weighted by Crippen LogP contribution is -2.23. The fraction of sp³-hybridized carbons (Fsp3) is 0.250. The summed E-state index contributed by atoms with van der Waals surface area (Å²) in [4.78, 5) is 14.6. The Labute approximate surface area is 212 Å². The summed E-state index contributed by atoms with van der Waals surface area (Å²) in [5.74, 6) is 0.627. The first-order chi connectivity index (χ1) is 17.2. The fourth-order valence-corrected chi connectivity index (χ4v) is 4.89. The maximum Gasteiger partial charge on any atom is 0.232 e. The van der Waals surface area contributed by atoms with E-state index in [1.54, 1.807) is 7.11 Å². The summed E-state index contributed by atoms with van der Waals surface area (Å²) in [5, 5.41) is 4.55. The van der Waals surface area contributed by atoms with Crippen molar-refractivity contribution in [2.75, 3.05) is 12.4 Å². The van der Waals surface area contributed by atoms with E-state index in [4.69, 9.17) is 14.7 Å². The Morgan fingerprint density at radius 1 is 1.09 bits per heavy atom. The van der Waals surface area contributed by atoms with Crippen LogP contribution in [0.15, 0.2) is 86.7 Å². The van der Waals surface area contributed by atoms with Gasteiger partial charge in [0.15, 0.2) is 0 Å². The standard InChI is InChI=1S/C28H26BrN5O/c1-35-28-22(9-5-15-30-28)33-23-16-25-27(17-24(23)31-19-6-4-7-19)34(20-13-11-18(29)12-14-20)26-10-3-2-8-21(26)32-25/h2-3,8,10-17,19,33H,4-7,9H2,1H3/b31-24+. The minimum atomic E-state index is 0.364. The maximum atomic E-state index is 5.53. The van der Waals surface area contributed by atoms with Gasteiger partial charge in [-0.15, -0.1) is 0 Å². The van der Waals surface area contributed by atoms with E-state index in [9.17, 15) is 0 Å². The number of hydrogen-bond acceptors (Lipinski definition) is 5. The van der Waals surface area contributed by atoms with E-state index in [0.29, 0.717) is 11.9 Å². The Morgan fingerprint density at radius 2 is 1.91 bits per heavy atom. The molecule has 0 spiro atoms. The SMILES string of the molecule is COC1=C(Nc2cc3nc4ccccc4n(-c4ccc(Br)cc4)c-3c/c2=N\C2CCC2)CCC=N1. The number of rotatable bonds is 5. The number of para-hydroxylation sites is 2. The number of benzene rings is 3. The number of halogens is 1. The van der Waals surface area contributed by atoms with Gasteiger partial charge in [0.05, 0.1) is 52.3 Å². The molecular weight excluding hydrogens is 502 g/mol. The van der Waals surface area contributed by atoms with Crippen molar-refractivity contribution >= 4 is 38.9 Å². The van der Waals surface area contributed by atoms with Crippen LogP contribution in [-0.4, -0.2) is 28.9 Å². The predicted octanol–water partition coefficient (Wildman–Crippen LogP) is 6.44. The summed E-state index contributed by atoms with van der Waals surface area (Å²) in [6, 6.07) is 21.3. The number of hydrogen-bond donors (Lipinski definition) is 1. The summed E-state index contributed by atoms with van der Waals surface area (Å²) in [6.07, 6.45) is 7.14. The van der Waals surface area contributed by atoms with Gasteiger partial charge < -0.3 is 14.6 Å². The number of methoxy groups -OCH3 is 1. The monoisotopic (exact) mass is 527 g/mol. The van der Waals surface area contributed by atoms with Crippen LogP contribution in [-0.2, 0) is 4.74 Å². The molecule has 2 aromatic rings. The van der Waals surface area contributed by atoms with Crippen molar-refractivity contribution in [1.82, 2.24) is 9.55 Å². The van der Waals surface area contributed by atoms with Gasteiger partial charge in [0.1, 0.15) is 0 Å². The highest BCUT2D eigenvalue weighted by molar-refractivity contribution is 9.10. The Balaban J connectivity index is 1.61. The third-order valence-corrected chi connectivity index (χ3v) is 7.18. The van der Waals surface area contributed by atoms with Crippen LogP contribution in [0.1, 0.15) is 32.1 Å². The predicted molar refractivity (Wildman–Crippen MR) is 144 cm³/mol. The minimum Gasteiger partial charge on any atom is -0.480 e. The molecule has 6 nitrogen and oxygen atoms in total. The van der Waals surface area contributed by atoms with E-state index in [1.807, 2.05) is 12.3 Å². The van der Waals surface area contributed by atoms with Gasteiger partial charge in [0.2, 0.25) is 5.88 Å². The summed E-state index contributed by atoms with van der Waals surface area (Å²) in [6.45, 7) is 0. The van der Waals surface area contributed by atoms with Crippen LogP contribution in [0.4, 0.5) is 5.69 Å². The molecule has 6 rings (SSSR count). The van der Waals surface area contributed by atoms with Crippen LogP contribution < -0.4 is 10.7 Å². The fourth-order valence-electron chi connectivity index (χ4n) is 4.63. The quantitative estimate of drug-likeness (QED) is 0.304. The molecule has 1 N–H and O–H groups in total. The average molecular weight is 528 g/mol. The zero-order chi connectivity index (χ0) is 23.8. The molecule has 0 atom stereocenters. The van der Waals surface area contributed by atoms with Crippen molar-refractivity contribution in [1.29, 1.82) is 0 Å². The molecule has 2 aliphatic carbocycles. The van der Waals surface area contributed by atoms with Gasteiger partial charge >= 0.3 is 0 Å². The third kappa shape index (κ3) is 4.25. The summed E-state index contributed by atoms with van der Waals surface area (Å²) < 4.78 is 8.85. The average Bonchev–Trinajstić information content (AvgIpc) is 2.86. The molecule has 2 aliphatic heterocycles. The molecule has 176 valence electrons. The third-order valence-electron chi connectivity index (χ3n) is 6.65. The molecule has 0 amide bonds. The van der Waals surface area contributed by atoms with E-state index in [-0.39, 0.29) is 0 Å². The van der Waals surface area contributed by atoms with E-state index in [0.717, 1.165) is 75.0 Å². The van der Waals surface area contributed by atoms with Gasteiger partial charge in [-0.25, -0.2) is 9.98 Å². The topological polar surface area (TPSA) is 63.8 Å². The second-order valence-corrected chi connectivity index (χ2v) is 9.86. The zero-order valence-electron chi connectivity index (χ0n) is 19.5. The summed E-state index contributed by atoms with van der Waals surface area (Å²) in [5.41, 5.74) is 6.92. The number of aliphatic imine (C=N–C) groups is 1. The zero-order valence-corrected chi connectivity index (χ0v) is 21.1. The van der Waals surface area contributed by atoms with Crippen molar-refractivity contribution in [2.24, 2.45) is 9.98 Å². The molecule has 2 aromatic carbocycles. The highest BCUT2D eigenvalue weighted by Gasteiger charge is 2.20. The first-order valence-electron chi connectivity index (χ1n) is 12.0. The van der Waals surface area contributed by atoms with Gasteiger partial charge in [0, 0.05) is 16.4 Å². The largest absolute Gasteiger partial charge is 0.480 e. The smallest absolute Gasteiger partial charge is 0.232 e. The van der Waals surface area contributed by atoms with Crippen LogP contribution in [0.2, 0.25) is 0 Å². The molecule has 0 radical (unpaired) electrons. The maximum absolute atomic E-state index is 5.53. The number of nitrogens with one attached hydrogen (secondary N) is 1. The number of ether oxygens (including phenoxy) is 1. The Bertz CT molecular complexity index is 1500. The number of aromatic nitrogens is 2. The second kappa shape index (κ2) is 9.30. The van der Waals surface area contributed by atoms with Gasteiger partial charge in [-0.2, -0.15) is 0 Å². The number of nitrogens with zero attached hydrogens (tertiary/aromatic N) is 4. The molecular formula is C28H26BrN5O. The highest BCUT2D eigenvalue weighted by Crippen LogP contribution is 2.31. The molecule has 0 aromatic heterocycles. The van der Waals surface area contributed by atoms with Crippen LogP contribution in [0, 0.1) is 0 Å². The van der Waals surface area contributed by atoms with Crippen LogP contribution in [0.25, 0.3) is 28.1 Å². The van der Waals surface area contributed by atoms with Crippen molar-refractivity contribution < 1.29 is 4.74 Å². The molecule has 2 heterocycles. The Morgan fingerprint density at radius 3 is 2.69 bits per heavy atom. The van der Waals surface area contributed by atoms with Crippen molar-refractivity contribution in [3.05, 3.63) is 82.1 Å². The van der Waals surface area contributed by atoms with E-state index in [2.05, 4.69) is 85.4 Å². The molecule has 0 bridgehead atoms. The van der Waals surface area contributed by atoms with Crippen molar-refractivity contribution in [2.45, 2.75) is 38.1 Å². The molecule has 0 unspecified atom stereocenters. The molecule has 0 saturated heterocycles. The molecule has 7 heteroatoms. The normalized spacial score (nSPS) is 16.7. The summed E-state index contributed by atoms with van der Waals surface area (Å²) >= 11 is 3.57. The van der Waals surface area contributed by atoms with Crippen LogP contribution in [0.5, 0.6) is 0 Å². The Kier molecular flexibility index (Phi) is 5.86. The second-order valence-electron chi connectivity index (χ2n) is 8.95. The van der Waals surface area contributed by atoms with Crippen molar-refractivity contribution in [3.63, 3.8) is 0 Å². The van der Waals surface area contributed by atoms with Crippen molar-refractivity contribution in [3.8, 4) is 17.1 Å². The van der Waals surface area contributed by atoms with Gasteiger partial charge in [-0.3, -0.25) is 4.99 Å².